The topological polar surface area (TPSA) is 102 Å². The van der Waals surface area contributed by atoms with Crippen LogP contribution in [0.25, 0.3) is 11.2 Å². The molecule has 3 heterocycles. The predicted molar refractivity (Wildman–Crippen MR) is 133 cm³/mol. The van der Waals surface area contributed by atoms with E-state index < -0.39 is 0 Å². The van der Waals surface area contributed by atoms with Gasteiger partial charge in [0.15, 0.2) is 11.5 Å². The first kappa shape index (κ1) is 26.5. The highest BCUT2D eigenvalue weighted by Gasteiger charge is 2.19. The second-order valence-electron chi connectivity index (χ2n) is 9.36. The van der Waals surface area contributed by atoms with E-state index in [1.54, 1.807) is 4.57 Å². The molecule has 0 bridgehead atoms. The third kappa shape index (κ3) is 7.37. The Balaban J connectivity index is 0.00000363. The average Bonchev–Trinajstić information content (AvgIpc) is 3.05. The van der Waals surface area contributed by atoms with Crippen molar-refractivity contribution in [3.8, 4) is 6.01 Å². The normalized spacial score (nSPS) is 15.4. The first-order chi connectivity index (χ1) is 15.0. The lowest BCUT2D eigenvalue weighted by molar-refractivity contribution is 0.162. The lowest BCUT2D eigenvalue weighted by Crippen LogP contribution is -2.36. The SMILES string of the molecule is CCCCOc1nc(N)c2[nH]c(=O)n(CCCCCC3CCN(CC(C)C)CC3)c2n1.Cl. The third-order valence-electron chi connectivity index (χ3n) is 6.18. The average molecular weight is 469 g/mol. The van der Waals surface area contributed by atoms with Gasteiger partial charge in [0.05, 0.1) is 6.61 Å². The summed E-state index contributed by atoms with van der Waals surface area (Å²) in [6.07, 6.45) is 9.19. The number of halogens is 1. The summed E-state index contributed by atoms with van der Waals surface area (Å²) in [4.78, 5) is 26.4. The van der Waals surface area contributed by atoms with Gasteiger partial charge in [-0.2, -0.15) is 9.97 Å². The fraction of sp³-hybridized carbons (Fsp3) is 0.783. The number of H-pyrrole nitrogens is 1. The maximum absolute atomic E-state index is 12.4. The number of nitrogens with two attached hydrogens (primary N) is 1. The second-order valence-corrected chi connectivity index (χ2v) is 9.36. The van der Waals surface area contributed by atoms with Crippen LogP contribution in [0.15, 0.2) is 4.79 Å². The van der Waals surface area contributed by atoms with Crippen molar-refractivity contribution in [2.45, 2.75) is 78.7 Å². The molecule has 1 aliphatic heterocycles. The maximum atomic E-state index is 12.4. The molecular weight excluding hydrogens is 428 g/mol. The van der Waals surface area contributed by atoms with Gasteiger partial charge in [0, 0.05) is 13.1 Å². The molecule has 32 heavy (non-hydrogen) atoms. The Bertz CT molecular complexity index is 873. The molecule has 9 heteroatoms. The summed E-state index contributed by atoms with van der Waals surface area (Å²) < 4.78 is 7.27. The lowest BCUT2D eigenvalue weighted by Gasteiger charge is -2.33. The zero-order valence-corrected chi connectivity index (χ0v) is 20.8. The molecule has 0 atom stereocenters. The molecule has 1 aliphatic rings. The number of ether oxygens (including phenoxy) is 1. The monoisotopic (exact) mass is 468 g/mol. The number of fused-ring (bicyclic) bond motifs is 1. The molecule has 0 radical (unpaired) electrons. The van der Waals surface area contributed by atoms with Crippen LogP contribution in [0, 0.1) is 11.8 Å². The molecule has 3 N–H and O–H groups in total. The van der Waals surface area contributed by atoms with Gasteiger partial charge in [-0.05, 0) is 50.6 Å². The first-order valence-corrected chi connectivity index (χ1v) is 12.1. The number of piperidine rings is 1. The number of likely N-dealkylation sites (tertiary alicyclic amines) is 1. The van der Waals surface area contributed by atoms with Gasteiger partial charge in [-0.15, -0.1) is 12.4 Å². The molecule has 182 valence electrons. The van der Waals surface area contributed by atoms with Crippen LogP contribution in [0.1, 0.15) is 72.1 Å². The molecule has 8 nitrogen and oxygen atoms in total. The van der Waals surface area contributed by atoms with Crippen LogP contribution in [0.3, 0.4) is 0 Å². The van der Waals surface area contributed by atoms with Gasteiger partial charge >= 0.3 is 11.7 Å². The lowest BCUT2D eigenvalue weighted by atomic mass is 9.91. The number of aromatic amines is 1. The van der Waals surface area contributed by atoms with E-state index in [0.717, 1.165) is 37.5 Å². The van der Waals surface area contributed by atoms with Crippen molar-refractivity contribution in [1.82, 2.24) is 24.4 Å². The summed E-state index contributed by atoms with van der Waals surface area (Å²) in [5.74, 6) is 1.87. The van der Waals surface area contributed by atoms with Crippen LogP contribution >= 0.6 is 12.4 Å². The minimum absolute atomic E-state index is 0. The Morgan fingerprint density at radius 1 is 1.16 bits per heavy atom. The Morgan fingerprint density at radius 3 is 2.59 bits per heavy atom. The minimum atomic E-state index is -0.181. The van der Waals surface area contributed by atoms with Crippen LogP contribution in [0.2, 0.25) is 0 Å². The number of unbranched alkanes of at least 4 members (excludes halogenated alkanes) is 3. The summed E-state index contributed by atoms with van der Waals surface area (Å²) in [6, 6.07) is 0.245. The van der Waals surface area contributed by atoms with Crippen molar-refractivity contribution >= 4 is 29.4 Å². The van der Waals surface area contributed by atoms with Gasteiger partial charge in [-0.3, -0.25) is 4.57 Å². The van der Waals surface area contributed by atoms with E-state index in [1.165, 1.54) is 45.3 Å². The molecule has 0 aliphatic carbocycles. The van der Waals surface area contributed by atoms with E-state index in [0.29, 0.717) is 24.3 Å². The third-order valence-corrected chi connectivity index (χ3v) is 6.18. The molecule has 0 spiro atoms. The van der Waals surface area contributed by atoms with Crippen LogP contribution < -0.4 is 16.2 Å². The van der Waals surface area contributed by atoms with Gasteiger partial charge in [0.1, 0.15) is 5.52 Å². The molecule has 0 amide bonds. The van der Waals surface area contributed by atoms with Crippen molar-refractivity contribution in [3.05, 3.63) is 10.5 Å². The largest absolute Gasteiger partial charge is 0.463 e. The van der Waals surface area contributed by atoms with E-state index in [-0.39, 0.29) is 29.9 Å². The molecule has 3 rings (SSSR count). The minimum Gasteiger partial charge on any atom is -0.463 e. The molecule has 2 aromatic heterocycles. The quantitative estimate of drug-likeness (QED) is 0.452. The molecule has 2 aromatic rings. The Labute approximate surface area is 197 Å². The van der Waals surface area contributed by atoms with Gasteiger partial charge < -0.3 is 20.4 Å². The molecule has 1 saturated heterocycles. The highest BCUT2D eigenvalue weighted by atomic mass is 35.5. The van der Waals surface area contributed by atoms with Crippen LogP contribution in [-0.4, -0.2) is 50.7 Å². The number of rotatable bonds is 12. The van der Waals surface area contributed by atoms with E-state index in [9.17, 15) is 4.79 Å². The molecule has 0 saturated carbocycles. The number of hydrogen-bond acceptors (Lipinski definition) is 6. The second kappa shape index (κ2) is 13.0. The van der Waals surface area contributed by atoms with Gasteiger partial charge in [-0.1, -0.05) is 46.5 Å². The number of nitrogens with one attached hydrogen (secondary N) is 1. The zero-order chi connectivity index (χ0) is 22.2. The Hall–Kier alpha value is -1.80. The number of aromatic nitrogens is 4. The molecule has 0 unspecified atom stereocenters. The van der Waals surface area contributed by atoms with Gasteiger partial charge in [0.25, 0.3) is 0 Å². The van der Waals surface area contributed by atoms with Crippen molar-refractivity contribution in [3.63, 3.8) is 0 Å². The summed E-state index contributed by atoms with van der Waals surface area (Å²) in [5.41, 5.74) is 6.88. The highest BCUT2D eigenvalue weighted by molar-refractivity contribution is 5.85. The number of anilines is 1. The molecular formula is C23H41ClN6O2. The highest BCUT2D eigenvalue weighted by Crippen LogP contribution is 2.24. The van der Waals surface area contributed by atoms with E-state index >= 15 is 0 Å². The number of nitrogens with zero attached hydrogens (tertiary/aromatic N) is 4. The Kier molecular flexibility index (Phi) is 10.8. The maximum Gasteiger partial charge on any atom is 0.327 e. The molecule has 1 fully saturated rings. The van der Waals surface area contributed by atoms with Crippen molar-refractivity contribution in [1.29, 1.82) is 0 Å². The van der Waals surface area contributed by atoms with Crippen LogP contribution in [0.4, 0.5) is 5.82 Å². The smallest absolute Gasteiger partial charge is 0.327 e. The van der Waals surface area contributed by atoms with E-state index in [2.05, 4.69) is 40.6 Å². The number of imidazole rings is 1. The van der Waals surface area contributed by atoms with Crippen LogP contribution in [-0.2, 0) is 6.54 Å². The molecule has 0 aromatic carbocycles. The van der Waals surface area contributed by atoms with E-state index in [1.807, 2.05) is 0 Å². The van der Waals surface area contributed by atoms with E-state index in [4.69, 9.17) is 10.5 Å². The number of hydrogen-bond donors (Lipinski definition) is 2. The van der Waals surface area contributed by atoms with Crippen molar-refractivity contribution in [2.75, 3.05) is 32.0 Å². The Morgan fingerprint density at radius 2 is 1.91 bits per heavy atom. The number of nitrogen functional groups attached to an aromatic ring is 1. The van der Waals surface area contributed by atoms with Gasteiger partial charge in [0.2, 0.25) is 0 Å². The summed E-state index contributed by atoms with van der Waals surface area (Å²) >= 11 is 0. The number of aryl methyl sites for hydroxylation is 1. The van der Waals surface area contributed by atoms with Crippen molar-refractivity contribution in [2.24, 2.45) is 11.8 Å². The van der Waals surface area contributed by atoms with Gasteiger partial charge in [-0.25, -0.2) is 4.79 Å². The summed E-state index contributed by atoms with van der Waals surface area (Å²) in [6.45, 7) is 11.6. The summed E-state index contributed by atoms with van der Waals surface area (Å²) in [7, 11) is 0. The van der Waals surface area contributed by atoms with Crippen molar-refractivity contribution < 1.29 is 4.74 Å². The van der Waals surface area contributed by atoms with Crippen LogP contribution in [0.5, 0.6) is 6.01 Å². The zero-order valence-electron chi connectivity index (χ0n) is 19.9. The summed E-state index contributed by atoms with van der Waals surface area (Å²) in [5, 5.41) is 0. The first-order valence-electron chi connectivity index (χ1n) is 12.1. The predicted octanol–water partition coefficient (Wildman–Crippen LogP) is 4.23. The standard InChI is InChI=1S/C23H40N6O2.ClH/c1-4-5-15-31-22-26-20(24)19-21(27-22)29(23(30)25-19)12-8-6-7-9-18-10-13-28(14-11-18)16-17(2)3;/h17-18H,4-16H2,1-3H3,(H,25,30)(H2,24,26,27);1H. The fourth-order valence-corrected chi connectivity index (χ4v) is 4.46. The fourth-order valence-electron chi connectivity index (χ4n) is 4.46.